The maximum Gasteiger partial charge on any atom is 0.330 e. The van der Waals surface area contributed by atoms with Gasteiger partial charge in [0.15, 0.2) is 5.69 Å². The standard InChI is InChI=1S/C22H22N4O3/c1-15-7-6-10-16(13-15)11-12-18(27)25(2)19-20(23)26(22(29)24-21(19)28)14-17-8-4-3-5-9-17/h3-13H,14,23H2,1-2H3,(H,24,28,29)/b12-11+. The van der Waals surface area contributed by atoms with E-state index in [1.807, 2.05) is 61.5 Å². The molecule has 1 amide bonds. The van der Waals surface area contributed by atoms with E-state index < -0.39 is 17.2 Å². The average Bonchev–Trinajstić information content (AvgIpc) is 2.70. The van der Waals surface area contributed by atoms with E-state index in [1.165, 1.54) is 17.7 Å². The second-order valence-corrected chi connectivity index (χ2v) is 6.71. The van der Waals surface area contributed by atoms with Crippen molar-refractivity contribution in [1.82, 2.24) is 9.55 Å². The molecular formula is C22H22N4O3. The number of hydrogen-bond donors (Lipinski definition) is 2. The van der Waals surface area contributed by atoms with Crippen molar-refractivity contribution >= 4 is 23.5 Å². The van der Waals surface area contributed by atoms with Gasteiger partial charge >= 0.3 is 5.69 Å². The van der Waals surface area contributed by atoms with Gasteiger partial charge in [-0.3, -0.25) is 19.1 Å². The van der Waals surface area contributed by atoms with Crippen LogP contribution in [0.15, 0.2) is 70.3 Å². The summed E-state index contributed by atoms with van der Waals surface area (Å²) in [6, 6.07) is 16.9. The number of nitrogen functional groups attached to an aromatic ring is 1. The molecule has 0 bridgehead atoms. The van der Waals surface area contributed by atoms with Crippen molar-refractivity contribution in [2.45, 2.75) is 13.5 Å². The zero-order valence-corrected chi connectivity index (χ0v) is 16.3. The number of aromatic amines is 1. The van der Waals surface area contributed by atoms with Crippen molar-refractivity contribution in [1.29, 1.82) is 0 Å². The molecule has 7 heteroatoms. The summed E-state index contributed by atoms with van der Waals surface area (Å²) >= 11 is 0. The third-order valence-corrected chi connectivity index (χ3v) is 4.52. The highest BCUT2D eigenvalue weighted by atomic mass is 16.2. The van der Waals surface area contributed by atoms with Crippen LogP contribution in [0, 0.1) is 6.92 Å². The van der Waals surface area contributed by atoms with Crippen LogP contribution in [0.4, 0.5) is 11.5 Å². The summed E-state index contributed by atoms with van der Waals surface area (Å²) in [5.74, 6) is -0.504. The van der Waals surface area contributed by atoms with Crippen molar-refractivity contribution in [3.63, 3.8) is 0 Å². The Labute approximate surface area is 167 Å². The minimum absolute atomic E-state index is 0.0672. The van der Waals surface area contributed by atoms with Gasteiger partial charge in [0.05, 0.1) is 6.54 Å². The fourth-order valence-corrected chi connectivity index (χ4v) is 2.99. The van der Waals surface area contributed by atoms with Crippen LogP contribution >= 0.6 is 0 Å². The number of hydrogen-bond acceptors (Lipinski definition) is 4. The number of likely N-dealkylation sites (N-methyl/N-ethyl adjacent to an activating group) is 1. The Kier molecular flexibility index (Phi) is 5.78. The number of nitrogens with two attached hydrogens (primary N) is 1. The Morgan fingerprint density at radius 3 is 2.55 bits per heavy atom. The molecule has 0 aliphatic carbocycles. The molecule has 0 aliphatic heterocycles. The van der Waals surface area contributed by atoms with Gasteiger partial charge in [0, 0.05) is 13.1 Å². The molecule has 1 heterocycles. The normalized spacial score (nSPS) is 11.0. The number of aryl methyl sites for hydroxylation is 1. The molecule has 29 heavy (non-hydrogen) atoms. The van der Waals surface area contributed by atoms with Crippen LogP contribution in [0.1, 0.15) is 16.7 Å². The van der Waals surface area contributed by atoms with Crippen LogP contribution in [0.2, 0.25) is 0 Å². The molecule has 3 rings (SSSR count). The molecule has 0 fully saturated rings. The first kappa shape index (κ1) is 19.9. The summed E-state index contributed by atoms with van der Waals surface area (Å²) in [5, 5.41) is 0. The second-order valence-electron chi connectivity index (χ2n) is 6.71. The monoisotopic (exact) mass is 390 g/mol. The Hall–Kier alpha value is -3.87. The molecule has 0 unspecified atom stereocenters. The summed E-state index contributed by atoms with van der Waals surface area (Å²) in [5.41, 5.74) is 7.49. The summed E-state index contributed by atoms with van der Waals surface area (Å²) in [6.07, 6.45) is 3.02. The minimum Gasteiger partial charge on any atom is -0.383 e. The molecule has 7 nitrogen and oxygen atoms in total. The average molecular weight is 390 g/mol. The number of nitrogens with zero attached hydrogens (tertiary/aromatic N) is 2. The van der Waals surface area contributed by atoms with Gasteiger partial charge in [0.2, 0.25) is 0 Å². The van der Waals surface area contributed by atoms with E-state index >= 15 is 0 Å². The largest absolute Gasteiger partial charge is 0.383 e. The van der Waals surface area contributed by atoms with E-state index in [9.17, 15) is 14.4 Å². The summed E-state index contributed by atoms with van der Waals surface area (Å²) in [7, 11) is 1.45. The van der Waals surface area contributed by atoms with Crippen molar-refractivity contribution < 1.29 is 4.79 Å². The summed E-state index contributed by atoms with van der Waals surface area (Å²) in [6.45, 7) is 2.14. The molecular weight excluding hydrogens is 368 g/mol. The zero-order valence-electron chi connectivity index (χ0n) is 16.3. The third-order valence-electron chi connectivity index (χ3n) is 4.52. The quantitative estimate of drug-likeness (QED) is 0.652. The SMILES string of the molecule is Cc1cccc(/C=C/C(=O)N(C)c2c(N)n(Cc3ccccc3)c(=O)[nH]c2=O)c1. The Bertz CT molecular complexity index is 1180. The molecule has 0 aliphatic rings. The van der Waals surface area contributed by atoms with Crippen LogP contribution in [0.3, 0.4) is 0 Å². The van der Waals surface area contributed by atoms with Crippen LogP contribution in [-0.4, -0.2) is 22.5 Å². The first-order chi connectivity index (χ1) is 13.9. The molecule has 0 spiro atoms. The van der Waals surface area contributed by atoms with Gasteiger partial charge in [-0.05, 0) is 24.1 Å². The van der Waals surface area contributed by atoms with Crippen molar-refractivity contribution in [2.75, 3.05) is 17.7 Å². The molecule has 0 saturated carbocycles. The predicted octanol–water partition coefficient (Wildman–Crippen LogP) is 2.15. The molecule has 3 aromatic rings. The lowest BCUT2D eigenvalue weighted by Crippen LogP contribution is -2.39. The number of anilines is 2. The number of H-pyrrole nitrogens is 1. The number of amides is 1. The number of benzene rings is 2. The first-order valence-corrected chi connectivity index (χ1v) is 9.06. The zero-order chi connectivity index (χ0) is 21.0. The molecule has 0 atom stereocenters. The van der Waals surface area contributed by atoms with E-state index in [4.69, 9.17) is 5.73 Å². The lowest BCUT2D eigenvalue weighted by molar-refractivity contribution is -0.113. The molecule has 3 N–H and O–H groups in total. The van der Waals surface area contributed by atoms with Gasteiger partial charge in [-0.1, -0.05) is 60.2 Å². The van der Waals surface area contributed by atoms with E-state index in [0.717, 1.165) is 21.6 Å². The van der Waals surface area contributed by atoms with Gasteiger partial charge in [-0.15, -0.1) is 0 Å². The van der Waals surface area contributed by atoms with Gasteiger partial charge in [0.1, 0.15) is 5.82 Å². The molecule has 0 radical (unpaired) electrons. The van der Waals surface area contributed by atoms with E-state index in [0.29, 0.717) is 0 Å². The first-order valence-electron chi connectivity index (χ1n) is 9.06. The lowest BCUT2D eigenvalue weighted by Gasteiger charge is -2.19. The van der Waals surface area contributed by atoms with Gasteiger partial charge in [-0.25, -0.2) is 4.79 Å². The fraction of sp³-hybridized carbons (Fsp3) is 0.136. The third kappa shape index (κ3) is 4.52. The van der Waals surface area contributed by atoms with Gasteiger partial charge < -0.3 is 10.6 Å². The van der Waals surface area contributed by atoms with Crippen molar-refractivity contribution in [3.8, 4) is 0 Å². The van der Waals surface area contributed by atoms with E-state index in [2.05, 4.69) is 4.98 Å². The van der Waals surface area contributed by atoms with Crippen LogP contribution in [0.5, 0.6) is 0 Å². The van der Waals surface area contributed by atoms with Crippen LogP contribution in [-0.2, 0) is 11.3 Å². The summed E-state index contributed by atoms with van der Waals surface area (Å²) in [4.78, 5) is 40.6. The van der Waals surface area contributed by atoms with Gasteiger partial charge in [0.25, 0.3) is 11.5 Å². The van der Waals surface area contributed by atoms with Crippen LogP contribution < -0.4 is 21.9 Å². The Morgan fingerprint density at radius 2 is 1.86 bits per heavy atom. The highest BCUT2D eigenvalue weighted by molar-refractivity contribution is 6.04. The number of carbonyl (C=O) groups excluding carboxylic acids is 1. The Morgan fingerprint density at radius 1 is 1.14 bits per heavy atom. The fourth-order valence-electron chi connectivity index (χ4n) is 2.99. The predicted molar refractivity (Wildman–Crippen MR) is 115 cm³/mol. The molecule has 2 aromatic carbocycles. The lowest BCUT2D eigenvalue weighted by atomic mass is 10.1. The number of carbonyl (C=O) groups is 1. The topological polar surface area (TPSA) is 101 Å². The second kappa shape index (κ2) is 8.43. The van der Waals surface area contributed by atoms with E-state index in [-0.39, 0.29) is 18.1 Å². The van der Waals surface area contributed by atoms with Crippen LogP contribution in [0.25, 0.3) is 6.08 Å². The number of aromatic nitrogens is 2. The highest BCUT2D eigenvalue weighted by Gasteiger charge is 2.19. The molecule has 1 aromatic heterocycles. The number of rotatable bonds is 5. The van der Waals surface area contributed by atoms with Gasteiger partial charge in [-0.2, -0.15) is 0 Å². The number of nitrogens with one attached hydrogen (secondary N) is 1. The molecule has 148 valence electrons. The van der Waals surface area contributed by atoms with Crippen molar-refractivity contribution in [2.24, 2.45) is 0 Å². The minimum atomic E-state index is -0.711. The van der Waals surface area contributed by atoms with Crippen molar-refractivity contribution in [3.05, 3.63) is 98.2 Å². The highest BCUT2D eigenvalue weighted by Crippen LogP contribution is 2.17. The maximum atomic E-state index is 12.6. The van der Waals surface area contributed by atoms with E-state index in [1.54, 1.807) is 6.08 Å². The summed E-state index contributed by atoms with van der Waals surface area (Å²) < 4.78 is 1.24. The Balaban J connectivity index is 1.92. The maximum absolute atomic E-state index is 12.6. The smallest absolute Gasteiger partial charge is 0.330 e. The molecule has 0 saturated heterocycles.